The SMILES string of the molecule is c1ccc2cc(CNCCc3ccc4c(c3)OCO4)ccc2c1. The molecule has 1 heterocycles. The highest BCUT2D eigenvalue weighted by Gasteiger charge is 2.12. The minimum atomic E-state index is 0.332. The van der Waals surface area contributed by atoms with Gasteiger partial charge in [0.05, 0.1) is 0 Å². The minimum Gasteiger partial charge on any atom is -0.454 e. The lowest BCUT2D eigenvalue weighted by Gasteiger charge is -2.07. The molecule has 3 nitrogen and oxygen atoms in total. The van der Waals surface area contributed by atoms with E-state index in [9.17, 15) is 0 Å². The third-order valence-corrected chi connectivity index (χ3v) is 4.17. The molecule has 0 amide bonds. The number of fused-ring (bicyclic) bond motifs is 2. The van der Waals surface area contributed by atoms with E-state index in [-0.39, 0.29) is 0 Å². The van der Waals surface area contributed by atoms with E-state index in [1.807, 2.05) is 6.07 Å². The van der Waals surface area contributed by atoms with E-state index in [1.165, 1.54) is 21.9 Å². The zero-order valence-corrected chi connectivity index (χ0v) is 12.9. The molecule has 0 unspecified atom stereocenters. The van der Waals surface area contributed by atoms with Gasteiger partial charge in [-0.25, -0.2) is 0 Å². The van der Waals surface area contributed by atoms with Gasteiger partial charge >= 0.3 is 0 Å². The van der Waals surface area contributed by atoms with Gasteiger partial charge < -0.3 is 14.8 Å². The first kappa shape index (κ1) is 14.1. The second-order valence-corrected chi connectivity index (χ2v) is 5.80. The largest absolute Gasteiger partial charge is 0.454 e. The highest BCUT2D eigenvalue weighted by molar-refractivity contribution is 5.82. The summed E-state index contributed by atoms with van der Waals surface area (Å²) >= 11 is 0. The van der Waals surface area contributed by atoms with Crippen molar-refractivity contribution in [2.45, 2.75) is 13.0 Å². The van der Waals surface area contributed by atoms with Crippen LogP contribution in [0.3, 0.4) is 0 Å². The predicted molar refractivity (Wildman–Crippen MR) is 91.9 cm³/mol. The van der Waals surface area contributed by atoms with Crippen LogP contribution >= 0.6 is 0 Å². The zero-order chi connectivity index (χ0) is 15.5. The summed E-state index contributed by atoms with van der Waals surface area (Å²) in [4.78, 5) is 0. The lowest BCUT2D eigenvalue weighted by atomic mass is 10.1. The van der Waals surface area contributed by atoms with Crippen molar-refractivity contribution in [3.05, 3.63) is 71.8 Å². The zero-order valence-electron chi connectivity index (χ0n) is 12.9. The van der Waals surface area contributed by atoms with E-state index in [0.717, 1.165) is 31.0 Å². The Morgan fingerprint density at radius 2 is 1.61 bits per heavy atom. The normalized spacial score (nSPS) is 12.7. The maximum atomic E-state index is 5.41. The lowest BCUT2D eigenvalue weighted by molar-refractivity contribution is 0.174. The molecule has 0 saturated heterocycles. The molecule has 0 radical (unpaired) electrons. The van der Waals surface area contributed by atoms with Crippen LogP contribution in [0.4, 0.5) is 0 Å². The molecule has 0 fully saturated rings. The first-order chi connectivity index (χ1) is 11.4. The van der Waals surface area contributed by atoms with Gasteiger partial charge in [-0.1, -0.05) is 42.5 Å². The molecule has 0 aromatic heterocycles. The van der Waals surface area contributed by atoms with Crippen LogP contribution in [0.5, 0.6) is 11.5 Å². The summed E-state index contributed by atoms with van der Waals surface area (Å²) in [6.07, 6.45) is 0.976. The Bertz CT molecular complexity index is 829. The van der Waals surface area contributed by atoms with E-state index >= 15 is 0 Å². The molecule has 0 bridgehead atoms. The standard InChI is InChI=1S/C20H19NO2/c1-2-4-18-11-16(5-7-17(18)3-1)13-21-10-9-15-6-8-19-20(12-15)23-14-22-19/h1-8,11-12,21H,9-10,13-14H2. The number of ether oxygens (including phenoxy) is 2. The highest BCUT2D eigenvalue weighted by atomic mass is 16.7. The van der Waals surface area contributed by atoms with Crippen LogP contribution in [0, 0.1) is 0 Å². The lowest BCUT2D eigenvalue weighted by Crippen LogP contribution is -2.16. The highest BCUT2D eigenvalue weighted by Crippen LogP contribution is 2.32. The fourth-order valence-electron chi connectivity index (χ4n) is 2.91. The van der Waals surface area contributed by atoms with E-state index < -0.39 is 0 Å². The molecule has 3 heteroatoms. The van der Waals surface area contributed by atoms with Gasteiger partial charge in [-0.15, -0.1) is 0 Å². The Hall–Kier alpha value is -2.52. The Morgan fingerprint density at radius 3 is 2.57 bits per heavy atom. The molecular weight excluding hydrogens is 286 g/mol. The van der Waals surface area contributed by atoms with Crippen LogP contribution < -0.4 is 14.8 Å². The minimum absolute atomic E-state index is 0.332. The molecule has 0 spiro atoms. The van der Waals surface area contributed by atoms with E-state index in [2.05, 4.69) is 59.9 Å². The number of hydrogen-bond donors (Lipinski definition) is 1. The van der Waals surface area contributed by atoms with Crippen molar-refractivity contribution in [2.24, 2.45) is 0 Å². The first-order valence-corrected chi connectivity index (χ1v) is 7.95. The third kappa shape index (κ3) is 3.15. The molecule has 116 valence electrons. The molecule has 1 aliphatic heterocycles. The smallest absolute Gasteiger partial charge is 0.231 e. The Labute approximate surface area is 135 Å². The molecule has 0 aliphatic carbocycles. The van der Waals surface area contributed by atoms with E-state index in [0.29, 0.717) is 6.79 Å². The van der Waals surface area contributed by atoms with E-state index in [1.54, 1.807) is 0 Å². The van der Waals surface area contributed by atoms with Crippen molar-refractivity contribution < 1.29 is 9.47 Å². The summed E-state index contributed by atoms with van der Waals surface area (Å²) in [5, 5.41) is 6.09. The van der Waals surface area contributed by atoms with Gasteiger partial charge in [-0.3, -0.25) is 0 Å². The Balaban J connectivity index is 1.32. The number of benzene rings is 3. The summed E-state index contributed by atoms with van der Waals surface area (Å²) in [6.45, 7) is 2.15. The topological polar surface area (TPSA) is 30.5 Å². The molecule has 3 aromatic carbocycles. The van der Waals surface area contributed by atoms with Crippen LogP contribution in [-0.4, -0.2) is 13.3 Å². The third-order valence-electron chi connectivity index (χ3n) is 4.17. The summed E-state index contributed by atoms with van der Waals surface area (Å²) in [7, 11) is 0. The van der Waals surface area contributed by atoms with Crippen molar-refractivity contribution >= 4 is 10.8 Å². The van der Waals surface area contributed by atoms with Gasteiger partial charge in [0.2, 0.25) is 6.79 Å². The van der Waals surface area contributed by atoms with Crippen LogP contribution in [0.15, 0.2) is 60.7 Å². The van der Waals surface area contributed by atoms with E-state index in [4.69, 9.17) is 9.47 Å². The summed E-state index contributed by atoms with van der Waals surface area (Å²) in [5.74, 6) is 1.70. The number of rotatable bonds is 5. The maximum Gasteiger partial charge on any atom is 0.231 e. The fraction of sp³-hybridized carbons (Fsp3) is 0.200. The molecular formula is C20H19NO2. The van der Waals surface area contributed by atoms with Crippen LogP contribution in [0.1, 0.15) is 11.1 Å². The molecule has 0 saturated carbocycles. The monoisotopic (exact) mass is 305 g/mol. The number of hydrogen-bond acceptors (Lipinski definition) is 3. The fourth-order valence-corrected chi connectivity index (χ4v) is 2.91. The number of nitrogens with one attached hydrogen (secondary N) is 1. The summed E-state index contributed by atoms with van der Waals surface area (Å²) < 4.78 is 10.7. The summed E-state index contributed by atoms with van der Waals surface area (Å²) in [5.41, 5.74) is 2.58. The first-order valence-electron chi connectivity index (χ1n) is 7.95. The van der Waals surface area contributed by atoms with Crippen molar-refractivity contribution in [1.82, 2.24) is 5.32 Å². The van der Waals surface area contributed by atoms with Crippen molar-refractivity contribution in [3.63, 3.8) is 0 Å². The van der Waals surface area contributed by atoms with Crippen molar-refractivity contribution in [2.75, 3.05) is 13.3 Å². The van der Waals surface area contributed by atoms with Crippen LogP contribution in [0.25, 0.3) is 10.8 Å². The quantitative estimate of drug-likeness (QED) is 0.725. The molecule has 1 N–H and O–H groups in total. The van der Waals surface area contributed by atoms with Crippen molar-refractivity contribution in [3.8, 4) is 11.5 Å². The molecule has 1 aliphatic rings. The molecule has 3 aromatic rings. The summed E-state index contributed by atoms with van der Waals surface area (Å²) in [6, 6.07) is 21.2. The Kier molecular flexibility index (Phi) is 3.86. The average molecular weight is 305 g/mol. The Morgan fingerprint density at radius 1 is 0.783 bits per heavy atom. The second kappa shape index (κ2) is 6.31. The van der Waals surface area contributed by atoms with Crippen molar-refractivity contribution in [1.29, 1.82) is 0 Å². The van der Waals surface area contributed by atoms with Crippen LogP contribution in [0.2, 0.25) is 0 Å². The maximum absolute atomic E-state index is 5.41. The molecule has 0 atom stereocenters. The van der Waals surface area contributed by atoms with Gasteiger partial charge in [-0.05, 0) is 53.1 Å². The van der Waals surface area contributed by atoms with Gasteiger partial charge in [0.25, 0.3) is 0 Å². The van der Waals surface area contributed by atoms with Crippen LogP contribution in [-0.2, 0) is 13.0 Å². The predicted octanol–water partition coefficient (Wildman–Crippen LogP) is 3.90. The van der Waals surface area contributed by atoms with Gasteiger partial charge in [0.15, 0.2) is 11.5 Å². The van der Waals surface area contributed by atoms with Gasteiger partial charge in [-0.2, -0.15) is 0 Å². The molecule has 4 rings (SSSR count). The molecule has 23 heavy (non-hydrogen) atoms. The average Bonchev–Trinajstić information content (AvgIpc) is 3.06. The second-order valence-electron chi connectivity index (χ2n) is 5.80. The van der Waals surface area contributed by atoms with Gasteiger partial charge in [0.1, 0.15) is 0 Å². The van der Waals surface area contributed by atoms with Gasteiger partial charge in [0, 0.05) is 6.54 Å².